The maximum absolute atomic E-state index is 6.42. The summed E-state index contributed by atoms with van der Waals surface area (Å²) in [6.07, 6.45) is 2.49. The van der Waals surface area contributed by atoms with Gasteiger partial charge in [-0.15, -0.1) is 11.3 Å². The van der Waals surface area contributed by atoms with E-state index in [1.54, 1.807) is 11.3 Å². The van der Waals surface area contributed by atoms with Crippen molar-refractivity contribution in [2.24, 2.45) is 11.7 Å². The molecule has 1 aromatic heterocycles. The first-order valence-corrected chi connectivity index (χ1v) is 9.00. The Labute approximate surface area is 134 Å². The third-order valence-corrected chi connectivity index (χ3v) is 6.14. The van der Waals surface area contributed by atoms with Crippen molar-refractivity contribution in [2.75, 3.05) is 20.2 Å². The molecule has 0 spiro atoms. The quantitative estimate of drug-likeness (QED) is 0.870. The molecule has 0 aliphatic carbocycles. The van der Waals surface area contributed by atoms with Crippen molar-refractivity contribution in [3.63, 3.8) is 0 Å². The number of ether oxygens (including phenoxy) is 1. The third kappa shape index (κ3) is 3.63. The van der Waals surface area contributed by atoms with Crippen LogP contribution in [0.5, 0.6) is 0 Å². The van der Waals surface area contributed by atoms with E-state index in [1.807, 2.05) is 7.11 Å². The largest absolute Gasteiger partial charge is 0.380 e. The molecule has 5 heteroatoms. The molecule has 2 N–H and O–H groups in total. The Morgan fingerprint density at radius 1 is 1.60 bits per heavy atom. The summed E-state index contributed by atoms with van der Waals surface area (Å²) < 4.78 is 6.80. The van der Waals surface area contributed by atoms with Crippen LogP contribution in [0.4, 0.5) is 0 Å². The Bertz CT molecular complexity index is 426. The second-order valence-corrected chi connectivity index (χ2v) is 7.58. The van der Waals surface area contributed by atoms with Crippen LogP contribution in [0.1, 0.15) is 37.6 Å². The maximum atomic E-state index is 6.42. The monoisotopic (exact) mass is 360 g/mol. The fraction of sp³-hybridized carbons (Fsp3) is 0.733. The number of halogens is 1. The van der Waals surface area contributed by atoms with E-state index in [0.29, 0.717) is 18.1 Å². The molecule has 4 unspecified atom stereocenters. The molecular weight excluding hydrogens is 336 g/mol. The van der Waals surface area contributed by atoms with Gasteiger partial charge in [0.1, 0.15) is 0 Å². The molecule has 1 saturated heterocycles. The fourth-order valence-corrected chi connectivity index (χ4v) is 4.64. The van der Waals surface area contributed by atoms with Crippen LogP contribution in [0.3, 0.4) is 0 Å². The van der Waals surface area contributed by atoms with Crippen molar-refractivity contribution >= 4 is 27.3 Å². The van der Waals surface area contributed by atoms with Crippen LogP contribution in [0.15, 0.2) is 15.9 Å². The number of hydrogen-bond acceptors (Lipinski definition) is 4. The van der Waals surface area contributed by atoms with E-state index in [0.717, 1.165) is 24.0 Å². The van der Waals surface area contributed by atoms with Crippen molar-refractivity contribution in [3.05, 3.63) is 20.8 Å². The van der Waals surface area contributed by atoms with Crippen LogP contribution in [-0.4, -0.2) is 37.2 Å². The minimum Gasteiger partial charge on any atom is -0.380 e. The molecule has 1 fully saturated rings. The Morgan fingerprint density at radius 3 is 2.90 bits per heavy atom. The minimum atomic E-state index is 0.173. The van der Waals surface area contributed by atoms with Gasteiger partial charge in [-0.05, 0) is 47.3 Å². The van der Waals surface area contributed by atoms with Crippen molar-refractivity contribution in [2.45, 2.75) is 44.9 Å². The molecule has 0 aromatic carbocycles. The number of piperidine rings is 1. The van der Waals surface area contributed by atoms with Gasteiger partial charge in [0.15, 0.2) is 0 Å². The molecule has 1 aromatic rings. The zero-order chi connectivity index (χ0) is 14.7. The number of nitrogens with two attached hydrogens (primary N) is 1. The highest BCUT2D eigenvalue weighted by molar-refractivity contribution is 9.10. The van der Waals surface area contributed by atoms with Crippen LogP contribution >= 0.6 is 27.3 Å². The average Bonchev–Trinajstić information content (AvgIpc) is 2.86. The van der Waals surface area contributed by atoms with Gasteiger partial charge >= 0.3 is 0 Å². The Balaban J connectivity index is 2.19. The summed E-state index contributed by atoms with van der Waals surface area (Å²) in [6.45, 7) is 6.53. The molecule has 0 bridgehead atoms. The Morgan fingerprint density at radius 2 is 2.35 bits per heavy atom. The summed E-state index contributed by atoms with van der Waals surface area (Å²) in [5.41, 5.74) is 6.42. The minimum absolute atomic E-state index is 0.173. The van der Waals surface area contributed by atoms with Gasteiger partial charge in [-0.3, -0.25) is 4.90 Å². The van der Waals surface area contributed by atoms with Crippen molar-refractivity contribution in [1.82, 2.24) is 4.90 Å². The highest BCUT2D eigenvalue weighted by Crippen LogP contribution is 2.35. The van der Waals surface area contributed by atoms with Gasteiger partial charge in [-0.1, -0.05) is 13.8 Å². The zero-order valence-corrected chi connectivity index (χ0v) is 14.9. The van der Waals surface area contributed by atoms with Crippen molar-refractivity contribution < 1.29 is 4.74 Å². The second kappa shape index (κ2) is 7.36. The van der Waals surface area contributed by atoms with E-state index in [1.165, 1.54) is 11.3 Å². The molecule has 2 rings (SSSR count). The van der Waals surface area contributed by atoms with E-state index in [4.69, 9.17) is 10.5 Å². The molecule has 0 radical (unpaired) electrons. The van der Waals surface area contributed by atoms with Gasteiger partial charge in [-0.25, -0.2) is 0 Å². The SMILES string of the molecule is CCC(N)C(c1cc(Br)cs1)N1CCC(C)C(OC)C1. The smallest absolute Gasteiger partial charge is 0.0724 e. The van der Waals surface area contributed by atoms with Gasteiger partial charge in [0.2, 0.25) is 0 Å². The summed E-state index contributed by atoms with van der Waals surface area (Å²) >= 11 is 5.35. The standard InChI is InChI=1S/C15H25BrN2OS/c1-4-12(17)15(14-7-11(16)9-20-14)18-6-5-10(2)13(8-18)19-3/h7,9-10,12-13,15H,4-6,8,17H2,1-3H3. The molecule has 1 aliphatic heterocycles. The number of hydrogen-bond donors (Lipinski definition) is 1. The number of likely N-dealkylation sites (tertiary alicyclic amines) is 1. The highest BCUT2D eigenvalue weighted by atomic mass is 79.9. The van der Waals surface area contributed by atoms with Crippen LogP contribution in [0.2, 0.25) is 0 Å². The molecule has 4 atom stereocenters. The Kier molecular flexibility index (Phi) is 6.05. The maximum Gasteiger partial charge on any atom is 0.0724 e. The topological polar surface area (TPSA) is 38.5 Å². The molecule has 20 heavy (non-hydrogen) atoms. The number of nitrogens with zero attached hydrogens (tertiary/aromatic N) is 1. The summed E-state index contributed by atoms with van der Waals surface area (Å²) in [6, 6.07) is 2.69. The van der Waals surface area contributed by atoms with Crippen LogP contribution in [-0.2, 0) is 4.74 Å². The summed E-state index contributed by atoms with van der Waals surface area (Å²) in [5, 5.41) is 2.14. The van der Waals surface area contributed by atoms with Crippen molar-refractivity contribution in [1.29, 1.82) is 0 Å². The van der Waals surface area contributed by atoms with Gasteiger partial charge < -0.3 is 10.5 Å². The molecule has 2 heterocycles. The van der Waals surface area contributed by atoms with Gasteiger partial charge in [0.05, 0.1) is 12.1 Å². The summed E-state index contributed by atoms with van der Waals surface area (Å²) in [5.74, 6) is 0.629. The van der Waals surface area contributed by atoms with Crippen LogP contribution < -0.4 is 5.73 Å². The lowest BCUT2D eigenvalue weighted by Crippen LogP contribution is -2.49. The predicted octanol–water partition coefficient (Wildman–Crippen LogP) is 3.65. The van der Waals surface area contributed by atoms with Gasteiger partial charge in [0.25, 0.3) is 0 Å². The Hall–Kier alpha value is 0.0600. The lowest BCUT2D eigenvalue weighted by Gasteiger charge is -2.42. The highest BCUT2D eigenvalue weighted by Gasteiger charge is 2.33. The summed E-state index contributed by atoms with van der Waals surface area (Å²) in [4.78, 5) is 3.87. The predicted molar refractivity (Wildman–Crippen MR) is 89.2 cm³/mol. The van der Waals surface area contributed by atoms with E-state index in [-0.39, 0.29) is 6.04 Å². The first kappa shape index (κ1) is 16.4. The zero-order valence-electron chi connectivity index (χ0n) is 12.5. The third-order valence-electron chi connectivity index (χ3n) is 4.37. The van der Waals surface area contributed by atoms with E-state index in [2.05, 4.69) is 46.1 Å². The average molecular weight is 361 g/mol. The number of rotatable bonds is 5. The first-order valence-electron chi connectivity index (χ1n) is 7.33. The van der Waals surface area contributed by atoms with E-state index < -0.39 is 0 Å². The van der Waals surface area contributed by atoms with Gasteiger partial charge in [-0.2, -0.15) is 0 Å². The fourth-order valence-electron chi connectivity index (χ4n) is 2.99. The normalized spacial score (nSPS) is 27.4. The molecule has 0 saturated carbocycles. The molecule has 0 amide bonds. The lowest BCUT2D eigenvalue weighted by molar-refractivity contribution is -0.0228. The van der Waals surface area contributed by atoms with Crippen molar-refractivity contribution in [3.8, 4) is 0 Å². The number of thiophene rings is 1. The van der Waals surface area contributed by atoms with E-state index in [9.17, 15) is 0 Å². The molecular formula is C15H25BrN2OS. The lowest BCUT2D eigenvalue weighted by atomic mass is 9.92. The van der Waals surface area contributed by atoms with Crippen LogP contribution in [0.25, 0.3) is 0 Å². The first-order chi connectivity index (χ1) is 9.56. The van der Waals surface area contributed by atoms with Crippen LogP contribution in [0, 0.1) is 5.92 Å². The second-order valence-electron chi connectivity index (χ2n) is 5.72. The van der Waals surface area contributed by atoms with E-state index >= 15 is 0 Å². The summed E-state index contributed by atoms with van der Waals surface area (Å²) in [7, 11) is 1.82. The molecule has 3 nitrogen and oxygen atoms in total. The van der Waals surface area contributed by atoms with Gasteiger partial charge in [0, 0.05) is 34.4 Å². The molecule has 1 aliphatic rings. The molecule has 114 valence electrons. The number of methoxy groups -OCH3 is 1.